The van der Waals surface area contributed by atoms with Gasteiger partial charge in [0.25, 0.3) is 0 Å². The Balaban J connectivity index is 1.98. The van der Waals surface area contributed by atoms with E-state index >= 15 is 0 Å². The maximum absolute atomic E-state index is 12.3. The highest BCUT2D eigenvalue weighted by Crippen LogP contribution is 2.23. The third-order valence-corrected chi connectivity index (χ3v) is 4.15. The van der Waals surface area contributed by atoms with Crippen molar-refractivity contribution in [1.82, 2.24) is 9.80 Å². The van der Waals surface area contributed by atoms with Crippen molar-refractivity contribution >= 4 is 29.1 Å². The molecular formula is C14H18Cl2N2O. The number of likely N-dealkylation sites (N-methyl/N-ethyl adjacent to an activating group) is 1. The number of benzene rings is 1. The number of nitrogens with zero attached hydrogens (tertiary/aromatic N) is 2. The van der Waals surface area contributed by atoms with Gasteiger partial charge in [-0.25, -0.2) is 0 Å². The molecule has 1 aliphatic rings. The van der Waals surface area contributed by atoms with Gasteiger partial charge >= 0.3 is 0 Å². The van der Waals surface area contributed by atoms with E-state index in [0.29, 0.717) is 16.5 Å². The van der Waals surface area contributed by atoms with E-state index in [0.717, 1.165) is 38.2 Å². The Morgan fingerprint density at radius 3 is 2.68 bits per heavy atom. The Kier molecular flexibility index (Phi) is 5.08. The van der Waals surface area contributed by atoms with Crippen LogP contribution < -0.4 is 0 Å². The summed E-state index contributed by atoms with van der Waals surface area (Å²) >= 11 is 11.8. The summed E-state index contributed by atoms with van der Waals surface area (Å²) in [6, 6.07) is 5.37. The first-order chi connectivity index (χ1) is 9.06. The zero-order valence-electron chi connectivity index (χ0n) is 11.0. The van der Waals surface area contributed by atoms with Crippen LogP contribution in [-0.4, -0.2) is 48.9 Å². The van der Waals surface area contributed by atoms with E-state index in [1.54, 1.807) is 12.1 Å². The largest absolute Gasteiger partial charge is 0.341 e. The zero-order chi connectivity index (χ0) is 13.8. The highest BCUT2D eigenvalue weighted by molar-refractivity contribution is 6.42. The molecule has 1 heterocycles. The number of amides is 1. The maximum atomic E-state index is 12.3. The molecule has 2 rings (SSSR count). The van der Waals surface area contributed by atoms with E-state index in [9.17, 15) is 4.79 Å². The van der Waals surface area contributed by atoms with Gasteiger partial charge < -0.3 is 9.80 Å². The molecular weight excluding hydrogens is 283 g/mol. The summed E-state index contributed by atoms with van der Waals surface area (Å²) in [6.07, 6.45) is 1.42. The molecule has 0 aromatic heterocycles. The summed E-state index contributed by atoms with van der Waals surface area (Å²) in [7, 11) is 2.09. The van der Waals surface area contributed by atoms with Crippen molar-refractivity contribution in [2.75, 3.05) is 33.2 Å². The van der Waals surface area contributed by atoms with Crippen LogP contribution in [0.2, 0.25) is 10.0 Å². The lowest BCUT2D eigenvalue weighted by atomic mass is 10.1. The Hall–Kier alpha value is -0.770. The quantitative estimate of drug-likeness (QED) is 0.838. The molecule has 1 fully saturated rings. The molecule has 0 atom stereocenters. The summed E-state index contributed by atoms with van der Waals surface area (Å²) in [4.78, 5) is 16.4. The van der Waals surface area contributed by atoms with Crippen molar-refractivity contribution in [3.8, 4) is 0 Å². The standard InChI is InChI=1S/C14H18Cl2N2O/c1-17-5-2-6-18(8-7-17)14(19)10-11-3-4-12(15)13(16)9-11/h3-4,9H,2,5-8,10H2,1H3. The van der Waals surface area contributed by atoms with Gasteiger partial charge in [-0.3, -0.25) is 4.79 Å². The highest BCUT2D eigenvalue weighted by atomic mass is 35.5. The van der Waals surface area contributed by atoms with E-state index in [1.165, 1.54) is 0 Å². The molecule has 0 unspecified atom stereocenters. The van der Waals surface area contributed by atoms with Crippen LogP contribution in [0.25, 0.3) is 0 Å². The molecule has 0 N–H and O–H groups in total. The molecule has 19 heavy (non-hydrogen) atoms. The van der Waals surface area contributed by atoms with Crippen LogP contribution in [0.3, 0.4) is 0 Å². The Morgan fingerprint density at radius 1 is 1.16 bits per heavy atom. The van der Waals surface area contributed by atoms with Gasteiger partial charge in [0.05, 0.1) is 16.5 Å². The van der Waals surface area contributed by atoms with Gasteiger partial charge in [0.1, 0.15) is 0 Å². The normalized spacial score (nSPS) is 17.3. The van der Waals surface area contributed by atoms with E-state index in [-0.39, 0.29) is 5.91 Å². The molecule has 0 aliphatic carbocycles. The summed E-state index contributed by atoms with van der Waals surface area (Å²) in [6.45, 7) is 3.63. The lowest BCUT2D eigenvalue weighted by Crippen LogP contribution is -2.35. The van der Waals surface area contributed by atoms with Crippen LogP contribution in [0.15, 0.2) is 18.2 Å². The van der Waals surface area contributed by atoms with Gasteiger partial charge in [-0.2, -0.15) is 0 Å². The van der Waals surface area contributed by atoms with Gasteiger partial charge in [0, 0.05) is 19.6 Å². The first-order valence-electron chi connectivity index (χ1n) is 6.46. The Morgan fingerprint density at radius 2 is 1.95 bits per heavy atom. The van der Waals surface area contributed by atoms with E-state index in [1.807, 2.05) is 11.0 Å². The number of hydrogen-bond acceptors (Lipinski definition) is 2. The minimum Gasteiger partial charge on any atom is -0.341 e. The third kappa shape index (κ3) is 4.10. The lowest BCUT2D eigenvalue weighted by molar-refractivity contribution is -0.130. The zero-order valence-corrected chi connectivity index (χ0v) is 12.5. The molecule has 0 bridgehead atoms. The maximum Gasteiger partial charge on any atom is 0.227 e. The van der Waals surface area contributed by atoms with Gasteiger partial charge in [-0.15, -0.1) is 0 Å². The van der Waals surface area contributed by atoms with Gasteiger partial charge in [-0.1, -0.05) is 29.3 Å². The van der Waals surface area contributed by atoms with Gasteiger partial charge in [-0.05, 0) is 37.7 Å². The second kappa shape index (κ2) is 6.60. The van der Waals surface area contributed by atoms with E-state index in [2.05, 4.69) is 11.9 Å². The average molecular weight is 301 g/mol. The molecule has 1 aromatic carbocycles. The summed E-state index contributed by atoms with van der Waals surface area (Å²) in [5.41, 5.74) is 0.914. The van der Waals surface area contributed by atoms with Crippen LogP contribution in [0, 0.1) is 0 Å². The van der Waals surface area contributed by atoms with Crippen molar-refractivity contribution in [3.63, 3.8) is 0 Å². The van der Waals surface area contributed by atoms with Crippen LogP contribution in [0.1, 0.15) is 12.0 Å². The smallest absolute Gasteiger partial charge is 0.227 e. The predicted octanol–water partition coefficient (Wildman–Crippen LogP) is 2.70. The minimum atomic E-state index is 0.161. The molecule has 3 nitrogen and oxygen atoms in total. The van der Waals surface area contributed by atoms with Gasteiger partial charge in [0.15, 0.2) is 0 Å². The van der Waals surface area contributed by atoms with E-state index < -0.39 is 0 Å². The topological polar surface area (TPSA) is 23.6 Å². The van der Waals surface area contributed by atoms with Crippen LogP contribution in [0.5, 0.6) is 0 Å². The molecule has 0 radical (unpaired) electrons. The fraction of sp³-hybridized carbons (Fsp3) is 0.500. The molecule has 1 aromatic rings. The highest BCUT2D eigenvalue weighted by Gasteiger charge is 2.17. The second-order valence-corrected chi connectivity index (χ2v) is 5.78. The van der Waals surface area contributed by atoms with Crippen molar-refractivity contribution in [2.24, 2.45) is 0 Å². The number of carbonyl (C=O) groups is 1. The first-order valence-corrected chi connectivity index (χ1v) is 7.22. The SMILES string of the molecule is CN1CCCN(C(=O)Cc2ccc(Cl)c(Cl)c2)CC1. The molecule has 104 valence electrons. The van der Waals surface area contributed by atoms with Crippen molar-refractivity contribution in [2.45, 2.75) is 12.8 Å². The summed E-state index contributed by atoms with van der Waals surface area (Å²) in [5.74, 6) is 0.161. The second-order valence-electron chi connectivity index (χ2n) is 4.96. The fourth-order valence-corrected chi connectivity index (χ4v) is 2.55. The van der Waals surface area contributed by atoms with Crippen LogP contribution in [0.4, 0.5) is 0 Å². The molecule has 0 spiro atoms. The van der Waals surface area contributed by atoms with Crippen LogP contribution >= 0.6 is 23.2 Å². The predicted molar refractivity (Wildman–Crippen MR) is 78.9 cm³/mol. The van der Waals surface area contributed by atoms with Crippen molar-refractivity contribution < 1.29 is 4.79 Å². The Bertz CT molecular complexity index is 465. The average Bonchev–Trinajstić information content (AvgIpc) is 2.59. The number of rotatable bonds is 2. The van der Waals surface area contributed by atoms with Crippen molar-refractivity contribution in [3.05, 3.63) is 33.8 Å². The molecule has 0 saturated carbocycles. The van der Waals surface area contributed by atoms with E-state index in [4.69, 9.17) is 23.2 Å². The molecule has 1 aliphatic heterocycles. The molecule has 1 amide bonds. The fourth-order valence-electron chi connectivity index (χ4n) is 2.23. The lowest BCUT2D eigenvalue weighted by Gasteiger charge is -2.20. The monoisotopic (exact) mass is 300 g/mol. The minimum absolute atomic E-state index is 0.161. The molecule has 5 heteroatoms. The number of halogens is 2. The number of carbonyl (C=O) groups excluding carboxylic acids is 1. The van der Waals surface area contributed by atoms with Crippen LogP contribution in [-0.2, 0) is 11.2 Å². The van der Waals surface area contributed by atoms with Crippen molar-refractivity contribution in [1.29, 1.82) is 0 Å². The summed E-state index contributed by atoms with van der Waals surface area (Å²) < 4.78 is 0. The first kappa shape index (κ1) is 14.6. The molecule has 1 saturated heterocycles. The number of hydrogen-bond donors (Lipinski definition) is 0. The van der Waals surface area contributed by atoms with Gasteiger partial charge in [0.2, 0.25) is 5.91 Å². The third-order valence-electron chi connectivity index (χ3n) is 3.41. The Labute approximate surface area is 124 Å². The summed E-state index contributed by atoms with van der Waals surface area (Å²) in [5, 5.41) is 1.02.